The van der Waals surface area contributed by atoms with Gasteiger partial charge in [0.15, 0.2) is 0 Å². The molecule has 10 nitrogen and oxygen atoms in total. The molecular formula is C30H46N6O4S. The molecule has 2 aromatic rings. The Morgan fingerprint density at radius 1 is 1.05 bits per heavy atom. The number of rotatable bonds is 8. The average Bonchev–Trinajstić information content (AvgIpc) is 3.42. The van der Waals surface area contributed by atoms with Crippen LogP contribution in [-0.4, -0.2) is 96.5 Å². The van der Waals surface area contributed by atoms with E-state index >= 15 is 0 Å². The Bertz CT molecular complexity index is 1300. The van der Waals surface area contributed by atoms with Crippen LogP contribution in [0, 0.1) is 19.8 Å². The van der Waals surface area contributed by atoms with E-state index in [1.807, 2.05) is 24.8 Å². The van der Waals surface area contributed by atoms with Gasteiger partial charge in [0.05, 0.1) is 6.26 Å². The second-order valence-corrected chi connectivity index (χ2v) is 14.4. The zero-order valence-corrected chi connectivity index (χ0v) is 25.8. The lowest BCUT2D eigenvalue weighted by molar-refractivity contribution is 0.0542. The van der Waals surface area contributed by atoms with Crippen LogP contribution in [0.25, 0.3) is 0 Å². The molecule has 2 aromatic heterocycles. The molecule has 2 atom stereocenters. The largest absolute Gasteiger partial charge is 0.466 e. The van der Waals surface area contributed by atoms with Gasteiger partial charge in [-0.1, -0.05) is 6.42 Å². The second kappa shape index (κ2) is 12.8. The van der Waals surface area contributed by atoms with Crippen molar-refractivity contribution in [1.29, 1.82) is 0 Å². The number of hydrogen-bond donors (Lipinski definition) is 1. The van der Waals surface area contributed by atoms with Crippen LogP contribution in [-0.2, 0) is 10.0 Å². The van der Waals surface area contributed by atoms with Gasteiger partial charge in [-0.25, -0.2) is 22.7 Å². The third-order valence-electron chi connectivity index (χ3n) is 9.60. The van der Waals surface area contributed by atoms with E-state index in [0.717, 1.165) is 74.6 Å². The van der Waals surface area contributed by atoms with Crippen molar-refractivity contribution in [1.82, 2.24) is 24.1 Å². The fourth-order valence-electron chi connectivity index (χ4n) is 6.96. The monoisotopic (exact) mass is 586 g/mol. The molecule has 41 heavy (non-hydrogen) atoms. The number of likely N-dealkylation sites (tertiary alicyclic amines) is 2. The smallest absolute Gasteiger partial charge is 0.272 e. The van der Waals surface area contributed by atoms with Crippen LogP contribution in [0.2, 0.25) is 0 Å². The summed E-state index contributed by atoms with van der Waals surface area (Å²) >= 11 is 0. The van der Waals surface area contributed by atoms with Gasteiger partial charge in [-0.3, -0.25) is 4.79 Å². The van der Waals surface area contributed by atoms with Crippen molar-refractivity contribution in [2.75, 3.05) is 51.3 Å². The summed E-state index contributed by atoms with van der Waals surface area (Å²) in [6.07, 6.45) is 11.0. The van der Waals surface area contributed by atoms with E-state index in [1.54, 1.807) is 7.05 Å². The maximum atomic E-state index is 13.5. The van der Waals surface area contributed by atoms with E-state index in [0.29, 0.717) is 36.7 Å². The molecule has 0 bridgehead atoms. The van der Waals surface area contributed by atoms with E-state index in [-0.39, 0.29) is 11.9 Å². The molecule has 3 fully saturated rings. The molecule has 11 heteroatoms. The Hall–Kier alpha value is -2.50. The number of furan rings is 1. The minimum Gasteiger partial charge on any atom is -0.466 e. The van der Waals surface area contributed by atoms with Gasteiger partial charge in [-0.05, 0) is 89.9 Å². The molecule has 1 N–H and O–H groups in total. The van der Waals surface area contributed by atoms with Crippen LogP contribution in [0.4, 0.5) is 5.82 Å². The molecule has 2 unspecified atom stereocenters. The van der Waals surface area contributed by atoms with Gasteiger partial charge in [0.2, 0.25) is 10.0 Å². The standard InChI is InChI=1S/C30H46N6O4S/c1-21-8-9-27(40-21)24-7-5-6-23(18-24)19-31-29-22(2)28(32-20-33-29)30(37)36-16-12-26(13-17-36)35-14-10-25(11-15-35)34(3)41(4,38)39/h8-9,20,23-26H,5-7,10-19H2,1-4H3,(H,31,32,33). The Kier molecular flexibility index (Phi) is 9.35. The van der Waals surface area contributed by atoms with Crippen molar-refractivity contribution in [3.63, 3.8) is 0 Å². The summed E-state index contributed by atoms with van der Waals surface area (Å²) in [6.45, 7) is 7.96. The molecule has 0 aromatic carbocycles. The first-order valence-electron chi connectivity index (χ1n) is 15.2. The number of nitrogens with zero attached hydrogens (tertiary/aromatic N) is 5. The summed E-state index contributed by atoms with van der Waals surface area (Å²) in [5.41, 5.74) is 1.30. The number of carbonyl (C=O) groups excluding carboxylic acids is 1. The SMILES string of the molecule is Cc1ccc(C2CCCC(CNc3ncnc(C(=O)N4CCC(N5CCC(N(C)S(C)(=O)=O)CC5)CC4)c3C)C2)o1. The molecule has 0 radical (unpaired) electrons. The first kappa shape index (κ1) is 30.0. The minimum atomic E-state index is -3.16. The maximum Gasteiger partial charge on any atom is 0.272 e. The lowest BCUT2D eigenvalue weighted by atomic mass is 9.80. The van der Waals surface area contributed by atoms with E-state index in [1.165, 1.54) is 36.2 Å². The first-order chi connectivity index (χ1) is 19.6. The van der Waals surface area contributed by atoms with Crippen molar-refractivity contribution in [2.24, 2.45) is 5.92 Å². The number of sulfonamides is 1. The molecule has 0 spiro atoms. The maximum absolute atomic E-state index is 13.5. The van der Waals surface area contributed by atoms with Crippen LogP contribution in [0.1, 0.15) is 84.9 Å². The number of aromatic nitrogens is 2. The fraction of sp³-hybridized carbons (Fsp3) is 0.700. The highest BCUT2D eigenvalue weighted by molar-refractivity contribution is 7.88. The summed E-state index contributed by atoms with van der Waals surface area (Å²) in [5, 5.41) is 3.53. The van der Waals surface area contributed by atoms with E-state index in [4.69, 9.17) is 4.42 Å². The zero-order valence-electron chi connectivity index (χ0n) is 25.0. The van der Waals surface area contributed by atoms with Crippen LogP contribution in [0.15, 0.2) is 22.9 Å². The second-order valence-electron chi connectivity index (χ2n) is 12.3. The summed E-state index contributed by atoms with van der Waals surface area (Å²) in [7, 11) is -1.48. The quantitative estimate of drug-likeness (QED) is 0.494. The van der Waals surface area contributed by atoms with Crippen LogP contribution >= 0.6 is 0 Å². The topological polar surface area (TPSA) is 112 Å². The van der Waals surface area contributed by atoms with E-state index < -0.39 is 10.0 Å². The van der Waals surface area contributed by atoms with Crippen LogP contribution in [0.3, 0.4) is 0 Å². The number of aryl methyl sites for hydroxylation is 1. The van der Waals surface area contributed by atoms with Gasteiger partial charge in [0.1, 0.15) is 29.4 Å². The highest BCUT2D eigenvalue weighted by atomic mass is 32.2. The summed E-state index contributed by atoms with van der Waals surface area (Å²) in [4.78, 5) is 26.8. The van der Waals surface area contributed by atoms with Gasteiger partial charge in [-0.15, -0.1) is 0 Å². The molecule has 2 saturated heterocycles. The Balaban J connectivity index is 1.11. The number of hydrogen-bond acceptors (Lipinski definition) is 8. The molecule has 1 saturated carbocycles. The van der Waals surface area contributed by atoms with Crippen molar-refractivity contribution < 1.29 is 17.6 Å². The third-order valence-corrected chi connectivity index (χ3v) is 10.9. The predicted octanol–water partition coefficient (Wildman–Crippen LogP) is 4.03. The lowest BCUT2D eigenvalue weighted by Crippen LogP contribution is -2.52. The number of anilines is 1. The zero-order chi connectivity index (χ0) is 29.1. The van der Waals surface area contributed by atoms with Gasteiger partial charge < -0.3 is 19.5 Å². The third kappa shape index (κ3) is 7.11. The molecule has 1 aliphatic carbocycles. The fourth-order valence-corrected chi connectivity index (χ4v) is 7.71. The van der Waals surface area contributed by atoms with Crippen molar-refractivity contribution in [3.05, 3.63) is 41.2 Å². The normalized spacial score (nSPS) is 23.7. The van der Waals surface area contributed by atoms with E-state index in [2.05, 4.69) is 26.3 Å². The Labute approximate surface area is 244 Å². The van der Waals surface area contributed by atoms with E-state index in [9.17, 15) is 13.2 Å². The first-order valence-corrected chi connectivity index (χ1v) is 17.0. The Morgan fingerprint density at radius 3 is 2.44 bits per heavy atom. The molecule has 2 aliphatic heterocycles. The molecule has 5 rings (SSSR count). The number of carbonyl (C=O) groups is 1. The van der Waals surface area contributed by atoms with Crippen molar-refractivity contribution in [3.8, 4) is 0 Å². The molecule has 4 heterocycles. The number of nitrogens with one attached hydrogen (secondary N) is 1. The highest BCUT2D eigenvalue weighted by Crippen LogP contribution is 2.37. The molecular weight excluding hydrogens is 540 g/mol. The van der Waals surface area contributed by atoms with Crippen molar-refractivity contribution in [2.45, 2.75) is 83.2 Å². The average molecular weight is 587 g/mol. The van der Waals surface area contributed by atoms with Crippen molar-refractivity contribution >= 4 is 21.7 Å². The Morgan fingerprint density at radius 2 is 1.78 bits per heavy atom. The number of amides is 1. The van der Waals surface area contributed by atoms with Gasteiger partial charge in [0.25, 0.3) is 5.91 Å². The molecule has 226 valence electrons. The van der Waals surface area contributed by atoms with Gasteiger partial charge >= 0.3 is 0 Å². The lowest BCUT2D eigenvalue weighted by Gasteiger charge is -2.43. The van der Waals surface area contributed by atoms with Crippen LogP contribution < -0.4 is 5.32 Å². The van der Waals surface area contributed by atoms with Crippen LogP contribution in [0.5, 0.6) is 0 Å². The highest BCUT2D eigenvalue weighted by Gasteiger charge is 2.33. The summed E-state index contributed by atoms with van der Waals surface area (Å²) < 4.78 is 31.2. The molecule has 1 amide bonds. The predicted molar refractivity (Wildman–Crippen MR) is 160 cm³/mol. The van der Waals surface area contributed by atoms with Gasteiger partial charge in [0, 0.05) is 50.2 Å². The van der Waals surface area contributed by atoms with Gasteiger partial charge in [-0.2, -0.15) is 0 Å². The summed E-state index contributed by atoms with van der Waals surface area (Å²) in [5.74, 6) is 3.80. The summed E-state index contributed by atoms with van der Waals surface area (Å²) in [6, 6.07) is 4.67. The minimum absolute atomic E-state index is 0.0224. The number of piperidine rings is 2. The molecule has 3 aliphatic rings.